The summed E-state index contributed by atoms with van der Waals surface area (Å²) in [6, 6.07) is 0. The monoisotopic (exact) mass is 248 g/mol. The third kappa shape index (κ3) is 6.67. The molecule has 0 aliphatic rings. The lowest BCUT2D eigenvalue weighted by Gasteiger charge is -2.18. The van der Waals surface area contributed by atoms with Crippen LogP contribution in [0.1, 0.15) is 33.1 Å². The van der Waals surface area contributed by atoms with Crippen molar-refractivity contribution in [3.05, 3.63) is 0 Å². The molecule has 0 aromatic carbocycles. The summed E-state index contributed by atoms with van der Waals surface area (Å²) in [4.78, 5) is 24.5. The Labute approximate surface area is 102 Å². The van der Waals surface area contributed by atoms with Crippen molar-refractivity contribution in [1.29, 1.82) is 0 Å². The third-order valence-electron chi connectivity index (χ3n) is 2.31. The molecule has 0 atom stereocenters. The first-order valence-electron chi connectivity index (χ1n) is 5.76. The van der Waals surface area contributed by atoms with Crippen LogP contribution in [0.4, 0.5) is 0 Å². The fourth-order valence-corrected chi connectivity index (χ4v) is 1.49. The Hall–Kier alpha value is -0.770. The molecule has 4 nitrogen and oxygen atoms in total. The maximum Gasteiger partial charge on any atom is 0.224 e. The zero-order chi connectivity index (χ0) is 12.4. The number of halogens is 1. The summed E-state index contributed by atoms with van der Waals surface area (Å²) in [5.74, 6) is 0.543. The Kier molecular flexibility index (Phi) is 9.00. The molecule has 0 saturated carbocycles. The number of nitrogens with one attached hydrogen (secondary N) is 1. The van der Waals surface area contributed by atoms with Crippen LogP contribution in [-0.4, -0.2) is 42.2 Å². The van der Waals surface area contributed by atoms with Gasteiger partial charge in [0.1, 0.15) is 0 Å². The van der Waals surface area contributed by atoms with E-state index >= 15 is 0 Å². The number of carbonyl (C=O) groups is 2. The lowest BCUT2D eigenvalue weighted by Crippen LogP contribution is -2.34. The van der Waals surface area contributed by atoms with Crippen molar-refractivity contribution in [1.82, 2.24) is 10.2 Å². The minimum Gasteiger partial charge on any atom is -0.356 e. The largest absolute Gasteiger partial charge is 0.356 e. The van der Waals surface area contributed by atoms with E-state index in [0.717, 1.165) is 13.1 Å². The Bertz CT molecular complexity index is 218. The third-order valence-corrected chi connectivity index (χ3v) is 2.58. The van der Waals surface area contributed by atoms with E-state index in [1.165, 1.54) is 0 Å². The summed E-state index contributed by atoms with van der Waals surface area (Å²) < 4.78 is 0. The topological polar surface area (TPSA) is 49.4 Å². The first-order chi connectivity index (χ1) is 7.65. The SMILES string of the molecule is CCN(CC)C(=O)CCNC(=O)CCCCl. The molecular formula is C11H21ClN2O2. The van der Waals surface area contributed by atoms with E-state index in [4.69, 9.17) is 11.6 Å². The Morgan fingerprint density at radius 1 is 1.19 bits per heavy atom. The molecule has 0 unspecified atom stereocenters. The van der Waals surface area contributed by atoms with E-state index < -0.39 is 0 Å². The number of rotatable bonds is 8. The molecule has 0 heterocycles. The molecule has 0 fully saturated rings. The van der Waals surface area contributed by atoms with Gasteiger partial charge in [0.05, 0.1) is 0 Å². The summed E-state index contributed by atoms with van der Waals surface area (Å²) >= 11 is 5.47. The van der Waals surface area contributed by atoms with Gasteiger partial charge in [0, 0.05) is 38.4 Å². The van der Waals surface area contributed by atoms with E-state index in [-0.39, 0.29) is 11.8 Å². The normalized spacial score (nSPS) is 9.94. The van der Waals surface area contributed by atoms with Crippen LogP contribution < -0.4 is 5.32 Å². The van der Waals surface area contributed by atoms with Gasteiger partial charge in [-0.3, -0.25) is 9.59 Å². The van der Waals surface area contributed by atoms with Crippen molar-refractivity contribution in [2.75, 3.05) is 25.5 Å². The van der Waals surface area contributed by atoms with E-state index in [0.29, 0.717) is 31.7 Å². The first-order valence-corrected chi connectivity index (χ1v) is 6.29. The maximum absolute atomic E-state index is 11.6. The summed E-state index contributed by atoms with van der Waals surface area (Å²) in [6.45, 7) is 5.74. The summed E-state index contributed by atoms with van der Waals surface area (Å²) in [5, 5.41) is 2.71. The quantitative estimate of drug-likeness (QED) is 0.660. The molecule has 94 valence electrons. The molecule has 1 N–H and O–H groups in total. The molecule has 0 aromatic rings. The lowest BCUT2D eigenvalue weighted by atomic mass is 10.3. The second-order valence-electron chi connectivity index (χ2n) is 3.46. The minimum absolute atomic E-state index is 0.0343. The van der Waals surface area contributed by atoms with Crippen LogP contribution in [0.15, 0.2) is 0 Å². The Morgan fingerprint density at radius 3 is 2.31 bits per heavy atom. The number of alkyl halides is 1. The summed E-state index contributed by atoms with van der Waals surface area (Å²) in [7, 11) is 0. The maximum atomic E-state index is 11.6. The molecule has 0 saturated heterocycles. The van der Waals surface area contributed by atoms with E-state index in [9.17, 15) is 9.59 Å². The van der Waals surface area contributed by atoms with Crippen LogP contribution in [0, 0.1) is 0 Å². The second-order valence-corrected chi connectivity index (χ2v) is 3.84. The molecule has 0 spiro atoms. The van der Waals surface area contributed by atoms with Gasteiger partial charge >= 0.3 is 0 Å². The molecule has 0 aliphatic heterocycles. The van der Waals surface area contributed by atoms with Crippen LogP contribution >= 0.6 is 11.6 Å². The lowest BCUT2D eigenvalue weighted by molar-refractivity contribution is -0.130. The highest BCUT2D eigenvalue weighted by Gasteiger charge is 2.09. The van der Waals surface area contributed by atoms with Gasteiger partial charge in [0.2, 0.25) is 11.8 Å². The number of amides is 2. The average Bonchev–Trinajstić information content (AvgIpc) is 2.28. The smallest absolute Gasteiger partial charge is 0.224 e. The van der Waals surface area contributed by atoms with Crippen LogP contribution in [0.5, 0.6) is 0 Å². The number of hydrogen-bond donors (Lipinski definition) is 1. The van der Waals surface area contributed by atoms with Gasteiger partial charge in [-0.25, -0.2) is 0 Å². The number of hydrogen-bond acceptors (Lipinski definition) is 2. The molecule has 16 heavy (non-hydrogen) atoms. The van der Waals surface area contributed by atoms with Crippen LogP contribution in [-0.2, 0) is 9.59 Å². The van der Waals surface area contributed by atoms with E-state index in [1.54, 1.807) is 4.90 Å². The molecule has 0 rings (SSSR count). The Morgan fingerprint density at radius 2 is 1.81 bits per heavy atom. The van der Waals surface area contributed by atoms with Crippen LogP contribution in [0.25, 0.3) is 0 Å². The number of nitrogens with zero attached hydrogens (tertiary/aromatic N) is 1. The van der Waals surface area contributed by atoms with Crippen LogP contribution in [0.2, 0.25) is 0 Å². The molecular weight excluding hydrogens is 228 g/mol. The van der Waals surface area contributed by atoms with E-state index in [1.807, 2.05) is 13.8 Å². The van der Waals surface area contributed by atoms with Gasteiger partial charge in [-0.2, -0.15) is 0 Å². The predicted molar refractivity (Wildman–Crippen MR) is 65.5 cm³/mol. The van der Waals surface area contributed by atoms with Gasteiger partial charge in [0.25, 0.3) is 0 Å². The zero-order valence-corrected chi connectivity index (χ0v) is 10.8. The fourth-order valence-electron chi connectivity index (χ4n) is 1.36. The highest BCUT2D eigenvalue weighted by Crippen LogP contribution is 1.94. The van der Waals surface area contributed by atoms with Gasteiger partial charge in [-0.1, -0.05) is 0 Å². The predicted octanol–water partition coefficient (Wildman–Crippen LogP) is 1.38. The van der Waals surface area contributed by atoms with Crippen LogP contribution in [0.3, 0.4) is 0 Å². The highest BCUT2D eigenvalue weighted by molar-refractivity contribution is 6.17. The van der Waals surface area contributed by atoms with Crippen molar-refractivity contribution in [2.45, 2.75) is 33.1 Å². The van der Waals surface area contributed by atoms with Crippen molar-refractivity contribution in [2.24, 2.45) is 0 Å². The van der Waals surface area contributed by atoms with E-state index in [2.05, 4.69) is 5.32 Å². The summed E-state index contributed by atoms with van der Waals surface area (Å²) in [5.41, 5.74) is 0. The van der Waals surface area contributed by atoms with Gasteiger partial charge in [-0.05, 0) is 20.3 Å². The summed E-state index contributed by atoms with van der Waals surface area (Å²) in [6.07, 6.45) is 1.48. The Balaban J connectivity index is 3.64. The van der Waals surface area contributed by atoms with Gasteiger partial charge in [-0.15, -0.1) is 11.6 Å². The first kappa shape index (κ1) is 15.2. The molecule has 2 amide bonds. The fraction of sp³-hybridized carbons (Fsp3) is 0.818. The van der Waals surface area contributed by atoms with Crippen molar-refractivity contribution < 1.29 is 9.59 Å². The number of carbonyl (C=O) groups excluding carboxylic acids is 2. The molecule has 0 aliphatic carbocycles. The second kappa shape index (κ2) is 9.46. The average molecular weight is 249 g/mol. The standard InChI is InChI=1S/C11H21ClN2O2/c1-3-14(4-2)11(16)7-9-13-10(15)6-5-8-12/h3-9H2,1-2H3,(H,13,15). The van der Waals surface area contributed by atoms with Gasteiger partial charge in [0.15, 0.2) is 0 Å². The molecule has 0 aromatic heterocycles. The van der Waals surface area contributed by atoms with Crippen molar-refractivity contribution in [3.63, 3.8) is 0 Å². The van der Waals surface area contributed by atoms with Gasteiger partial charge < -0.3 is 10.2 Å². The highest BCUT2D eigenvalue weighted by atomic mass is 35.5. The molecule has 0 radical (unpaired) electrons. The van der Waals surface area contributed by atoms with Crippen molar-refractivity contribution >= 4 is 23.4 Å². The van der Waals surface area contributed by atoms with Crippen molar-refractivity contribution in [3.8, 4) is 0 Å². The molecule has 0 bridgehead atoms. The zero-order valence-electron chi connectivity index (χ0n) is 10.1. The minimum atomic E-state index is -0.0343. The molecule has 5 heteroatoms.